The molecule has 23 heavy (non-hydrogen) atoms. The summed E-state index contributed by atoms with van der Waals surface area (Å²) in [7, 11) is 0. The van der Waals surface area contributed by atoms with E-state index in [1.54, 1.807) is 18.5 Å². The van der Waals surface area contributed by atoms with E-state index in [-0.39, 0.29) is 5.91 Å². The number of nitrogens with zero attached hydrogens (tertiary/aromatic N) is 2. The van der Waals surface area contributed by atoms with Gasteiger partial charge in [0.25, 0.3) is 5.91 Å². The highest BCUT2D eigenvalue weighted by Crippen LogP contribution is 2.17. The highest BCUT2D eigenvalue weighted by atomic mass is 16.3. The van der Waals surface area contributed by atoms with Crippen molar-refractivity contribution >= 4 is 5.91 Å². The van der Waals surface area contributed by atoms with Crippen LogP contribution in [-0.2, 0) is 13.0 Å². The molecule has 5 nitrogen and oxygen atoms in total. The van der Waals surface area contributed by atoms with Crippen LogP contribution in [0.25, 0.3) is 5.69 Å². The van der Waals surface area contributed by atoms with E-state index in [0.717, 1.165) is 29.1 Å². The highest BCUT2D eigenvalue weighted by molar-refractivity contribution is 5.95. The lowest BCUT2D eigenvalue weighted by Crippen LogP contribution is -2.23. The Kier molecular flexibility index (Phi) is 4.28. The zero-order valence-corrected chi connectivity index (χ0v) is 13.2. The van der Waals surface area contributed by atoms with Gasteiger partial charge in [0, 0.05) is 0 Å². The predicted octanol–water partition coefficient (Wildman–Crippen LogP) is 3.27. The fourth-order valence-corrected chi connectivity index (χ4v) is 2.56. The Hall–Kier alpha value is -2.82. The molecule has 0 aliphatic heterocycles. The lowest BCUT2D eigenvalue weighted by atomic mass is 10.1. The Morgan fingerprint density at radius 2 is 2.17 bits per heavy atom. The molecule has 1 amide bonds. The van der Waals surface area contributed by atoms with E-state index >= 15 is 0 Å². The van der Waals surface area contributed by atoms with Crippen molar-refractivity contribution in [1.29, 1.82) is 0 Å². The van der Waals surface area contributed by atoms with E-state index in [0.29, 0.717) is 12.1 Å². The number of hydrogen-bond acceptors (Lipinski definition) is 3. The van der Waals surface area contributed by atoms with Crippen molar-refractivity contribution < 1.29 is 9.21 Å². The second-order valence-electron chi connectivity index (χ2n) is 5.37. The fourth-order valence-electron chi connectivity index (χ4n) is 2.56. The van der Waals surface area contributed by atoms with Gasteiger partial charge in [-0.3, -0.25) is 4.79 Å². The molecule has 118 valence electrons. The lowest BCUT2D eigenvalue weighted by molar-refractivity contribution is 0.0947. The van der Waals surface area contributed by atoms with Gasteiger partial charge in [0.2, 0.25) is 0 Å². The van der Waals surface area contributed by atoms with Crippen LogP contribution >= 0.6 is 0 Å². The van der Waals surface area contributed by atoms with Gasteiger partial charge in [0.1, 0.15) is 5.76 Å². The molecule has 5 heteroatoms. The molecule has 0 unspecified atom stereocenters. The van der Waals surface area contributed by atoms with Crippen LogP contribution in [0.3, 0.4) is 0 Å². The minimum Gasteiger partial charge on any atom is -0.467 e. The molecule has 0 saturated carbocycles. The molecule has 1 aromatic carbocycles. The monoisotopic (exact) mass is 309 g/mol. The van der Waals surface area contributed by atoms with Gasteiger partial charge in [-0.2, -0.15) is 5.10 Å². The normalized spacial score (nSPS) is 10.7. The number of carbonyl (C=O) groups is 1. The van der Waals surface area contributed by atoms with Crippen LogP contribution < -0.4 is 5.32 Å². The van der Waals surface area contributed by atoms with Crippen LogP contribution in [0.15, 0.2) is 53.3 Å². The van der Waals surface area contributed by atoms with Crippen molar-refractivity contribution in [3.63, 3.8) is 0 Å². The third-order valence-electron chi connectivity index (χ3n) is 3.70. The molecule has 1 N–H and O–H groups in total. The average molecular weight is 309 g/mol. The molecule has 0 spiro atoms. The quantitative estimate of drug-likeness (QED) is 0.787. The van der Waals surface area contributed by atoms with Crippen molar-refractivity contribution in [2.45, 2.75) is 26.8 Å². The molecule has 0 aliphatic rings. The maximum Gasteiger partial charge on any atom is 0.255 e. The predicted molar refractivity (Wildman–Crippen MR) is 87.6 cm³/mol. The number of benzene rings is 1. The van der Waals surface area contributed by atoms with Gasteiger partial charge in [-0.1, -0.05) is 19.1 Å². The first-order valence-corrected chi connectivity index (χ1v) is 7.63. The molecule has 0 saturated heterocycles. The Morgan fingerprint density at radius 3 is 2.87 bits per heavy atom. The van der Waals surface area contributed by atoms with Crippen molar-refractivity contribution in [3.8, 4) is 5.69 Å². The van der Waals surface area contributed by atoms with Crippen LogP contribution in [0.4, 0.5) is 0 Å². The number of rotatable bonds is 5. The Morgan fingerprint density at radius 1 is 1.30 bits per heavy atom. The van der Waals surface area contributed by atoms with Crippen LogP contribution in [0.5, 0.6) is 0 Å². The van der Waals surface area contributed by atoms with Gasteiger partial charge in [0.15, 0.2) is 0 Å². The summed E-state index contributed by atoms with van der Waals surface area (Å²) in [5.41, 5.74) is 3.61. The van der Waals surface area contributed by atoms with Gasteiger partial charge in [-0.25, -0.2) is 4.68 Å². The molecule has 2 heterocycles. The summed E-state index contributed by atoms with van der Waals surface area (Å²) >= 11 is 0. The van der Waals surface area contributed by atoms with Crippen LogP contribution in [0.1, 0.15) is 34.3 Å². The zero-order valence-electron chi connectivity index (χ0n) is 13.2. The second kappa shape index (κ2) is 6.52. The Balaban J connectivity index is 1.84. The number of hydrogen-bond donors (Lipinski definition) is 1. The number of furan rings is 1. The fraction of sp³-hybridized carbons (Fsp3) is 0.222. The standard InChI is InChI=1S/C18H19N3O2/c1-3-17-16(18(22)19-11-15-8-5-9-23-15)12-20-21(17)14-7-4-6-13(2)10-14/h4-10,12H,3,11H2,1-2H3,(H,19,22). The van der Waals surface area contributed by atoms with E-state index in [4.69, 9.17) is 4.42 Å². The van der Waals surface area contributed by atoms with Gasteiger partial charge in [0.05, 0.1) is 35.9 Å². The van der Waals surface area contributed by atoms with E-state index < -0.39 is 0 Å². The van der Waals surface area contributed by atoms with E-state index in [1.165, 1.54) is 0 Å². The molecule has 0 fully saturated rings. The second-order valence-corrected chi connectivity index (χ2v) is 5.37. The maximum atomic E-state index is 12.4. The molecular weight excluding hydrogens is 290 g/mol. The molecule has 0 aliphatic carbocycles. The van der Waals surface area contributed by atoms with Crippen molar-refractivity contribution in [2.75, 3.05) is 0 Å². The van der Waals surface area contributed by atoms with Crippen molar-refractivity contribution in [2.24, 2.45) is 0 Å². The summed E-state index contributed by atoms with van der Waals surface area (Å²) in [6.45, 7) is 4.42. The number of amides is 1. The number of aryl methyl sites for hydroxylation is 1. The third-order valence-corrected chi connectivity index (χ3v) is 3.70. The van der Waals surface area contributed by atoms with E-state index in [9.17, 15) is 4.79 Å². The molecule has 0 radical (unpaired) electrons. The van der Waals surface area contributed by atoms with Gasteiger partial charge < -0.3 is 9.73 Å². The molecule has 0 bridgehead atoms. The molecule has 3 aromatic rings. The summed E-state index contributed by atoms with van der Waals surface area (Å²) in [6, 6.07) is 11.7. The summed E-state index contributed by atoms with van der Waals surface area (Å²) in [5.74, 6) is 0.583. The summed E-state index contributed by atoms with van der Waals surface area (Å²) in [4.78, 5) is 12.4. The first kappa shape index (κ1) is 15.1. The summed E-state index contributed by atoms with van der Waals surface area (Å²) in [6.07, 6.45) is 3.94. The van der Waals surface area contributed by atoms with Crippen molar-refractivity contribution in [3.05, 3.63) is 71.4 Å². The van der Waals surface area contributed by atoms with Gasteiger partial charge in [-0.15, -0.1) is 0 Å². The first-order chi connectivity index (χ1) is 11.2. The van der Waals surface area contributed by atoms with Gasteiger partial charge in [-0.05, 0) is 43.2 Å². The number of nitrogens with one attached hydrogen (secondary N) is 1. The van der Waals surface area contributed by atoms with Crippen LogP contribution in [-0.4, -0.2) is 15.7 Å². The molecule has 2 aromatic heterocycles. The summed E-state index contributed by atoms with van der Waals surface area (Å²) in [5, 5.41) is 7.26. The smallest absolute Gasteiger partial charge is 0.255 e. The number of carbonyl (C=O) groups excluding carboxylic acids is 1. The average Bonchev–Trinajstić information content (AvgIpc) is 3.21. The first-order valence-electron chi connectivity index (χ1n) is 7.63. The molecular formula is C18H19N3O2. The highest BCUT2D eigenvalue weighted by Gasteiger charge is 2.17. The topological polar surface area (TPSA) is 60.1 Å². The zero-order chi connectivity index (χ0) is 16.2. The van der Waals surface area contributed by atoms with Crippen molar-refractivity contribution in [1.82, 2.24) is 15.1 Å². The number of aromatic nitrogens is 2. The third kappa shape index (κ3) is 3.18. The van der Waals surface area contributed by atoms with E-state index in [1.807, 2.05) is 42.8 Å². The minimum atomic E-state index is -0.142. The minimum absolute atomic E-state index is 0.142. The Labute approximate surface area is 134 Å². The van der Waals surface area contributed by atoms with E-state index in [2.05, 4.69) is 16.5 Å². The summed E-state index contributed by atoms with van der Waals surface area (Å²) < 4.78 is 7.06. The SMILES string of the molecule is CCc1c(C(=O)NCc2ccco2)cnn1-c1cccc(C)c1. The van der Waals surface area contributed by atoms with Gasteiger partial charge >= 0.3 is 0 Å². The maximum absolute atomic E-state index is 12.4. The molecule has 0 atom stereocenters. The molecule has 3 rings (SSSR count). The lowest BCUT2D eigenvalue weighted by Gasteiger charge is -2.09. The Bertz CT molecular complexity index is 804. The van der Waals surface area contributed by atoms with Crippen LogP contribution in [0.2, 0.25) is 0 Å². The van der Waals surface area contributed by atoms with Crippen LogP contribution in [0, 0.1) is 6.92 Å². The largest absolute Gasteiger partial charge is 0.467 e.